The Morgan fingerprint density at radius 2 is 2.06 bits per heavy atom. The number of nitrogens with zero attached hydrogens (tertiary/aromatic N) is 1. The molecule has 0 saturated carbocycles. The van der Waals surface area contributed by atoms with Crippen LogP contribution in [0.5, 0.6) is 5.75 Å². The number of benzene rings is 1. The van der Waals surface area contributed by atoms with Crippen LogP contribution in [0.4, 0.5) is 0 Å². The van der Waals surface area contributed by atoms with E-state index in [9.17, 15) is 0 Å². The van der Waals surface area contributed by atoms with E-state index in [4.69, 9.17) is 16.3 Å². The molecule has 17 heavy (non-hydrogen) atoms. The van der Waals surface area contributed by atoms with Gasteiger partial charge >= 0.3 is 0 Å². The number of ether oxygens (including phenoxy) is 1. The molecular weight excluding hydrogens is 234 g/mol. The van der Waals surface area contributed by atoms with E-state index >= 15 is 0 Å². The molecule has 0 aliphatic rings. The van der Waals surface area contributed by atoms with E-state index in [1.165, 1.54) is 0 Å². The smallest absolute Gasteiger partial charge is 0.131 e. The summed E-state index contributed by atoms with van der Waals surface area (Å²) in [7, 11) is 0. The van der Waals surface area contributed by atoms with Gasteiger partial charge in [0.25, 0.3) is 0 Å². The van der Waals surface area contributed by atoms with Gasteiger partial charge in [0.1, 0.15) is 10.9 Å². The number of para-hydroxylation sites is 1. The van der Waals surface area contributed by atoms with Gasteiger partial charge in [-0.3, -0.25) is 0 Å². The molecule has 2 aromatic rings. The third kappa shape index (κ3) is 2.59. The average molecular weight is 248 g/mol. The van der Waals surface area contributed by atoms with E-state index in [-0.39, 0.29) is 0 Å². The van der Waals surface area contributed by atoms with Crippen LogP contribution in [-0.2, 0) is 0 Å². The van der Waals surface area contributed by atoms with Crippen molar-refractivity contribution < 1.29 is 4.74 Å². The maximum atomic E-state index is 5.93. The van der Waals surface area contributed by atoms with Gasteiger partial charge in [-0.05, 0) is 31.5 Å². The highest BCUT2D eigenvalue weighted by Crippen LogP contribution is 2.30. The molecule has 2 nitrogen and oxygen atoms in total. The number of aromatic nitrogens is 1. The molecule has 0 N–H and O–H groups in total. The fourth-order valence-electron chi connectivity index (χ4n) is 1.69. The average Bonchev–Trinajstić information content (AvgIpc) is 2.34. The van der Waals surface area contributed by atoms with Gasteiger partial charge in [0.2, 0.25) is 0 Å². The van der Waals surface area contributed by atoms with Crippen molar-refractivity contribution >= 4 is 11.6 Å². The minimum atomic E-state index is 0.544. The first-order valence-corrected chi connectivity index (χ1v) is 5.94. The largest absolute Gasteiger partial charge is 0.493 e. The lowest BCUT2D eigenvalue weighted by atomic mass is 10.1. The molecule has 0 amide bonds. The van der Waals surface area contributed by atoms with Gasteiger partial charge in [0.05, 0.1) is 6.61 Å². The fraction of sp³-hybridized carbons (Fsp3) is 0.214. The predicted octanol–water partition coefficient (Wildman–Crippen LogP) is 4.11. The molecule has 88 valence electrons. The van der Waals surface area contributed by atoms with Crippen LogP contribution in [0.15, 0.2) is 36.5 Å². The topological polar surface area (TPSA) is 22.1 Å². The Morgan fingerprint density at radius 3 is 2.76 bits per heavy atom. The fourth-order valence-corrected chi connectivity index (χ4v) is 1.80. The second-order valence-corrected chi connectivity index (χ2v) is 4.12. The van der Waals surface area contributed by atoms with E-state index in [1.54, 1.807) is 6.20 Å². The van der Waals surface area contributed by atoms with Crippen molar-refractivity contribution in [1.82, 2.24) is 4.98 Å². The lowest BCUT2D eigenvalue weighted by Gasteiger charge is -2.10. The third-order valence-corrected chi connectivity index (χ3v) is 2.91. The SMILES string of the molecule is CCOc1ccccc1-c1cnc(Cl)c(C)c1. The molecule has 0 bridgehead atoms. The Bertz CT molecular complexity index is 525. The lowest BCUT2D eigenvalue weighted by Crippen LogP contribution is -1.94. The van der Waals surface area contributed by atoms with Crippen LogP contribution in [0, 0.1) is 6.92 Å². The molecule has 0 unspecified atom stereocenters. The Balaban J connectivity index is 2.48. The number of hydrogen-bond donors (Lipinski definition) is 0. The highest BCUT2D eigenvalue weighted by Gasteiger charge is 2.07. The summed E-state index contributed by atoms with van der Waals surface area (Å²) >= 11 is 5.93. The van der Waals surface area contributed by atoms with Crippen molar-refractivity contribution in [2.75, 3.05) is 6.61 Å². The molecule has 2 rings (SSSR count). The quantitative estimate of drug-likeness (QED) is 0.762. The molecule has 0 saturated heterocycles. The van der Waals surface area contributed by atoms with Crippen molar-refractivity contribution in [3.05, 3.63) is 47.2 Å². The summed E-state index contributed by atoms with van der Waals surface area (Å²) in [5.41, 5.74) is 3.04. The summed E-state index contributed by atoms with van der Waals surface area (Å²) in [4.78, 5) is 4.17. The minimum absolute atomic E-state index is 0.544. The van der Waals surface area contributed by atoms with Crippen molar-refractivity contribution in [2.24, 2.45) is 0 Å². The molecule has 0 aliphatic carbocycles. The Morgan fingerprint density at radius 1 is 1.29 bits per heavy atom. The normalized spacial score (nSPS) is 10.3. The van der Waals surface area contributed by atoms with Gasteiger partial charge in [0, 0.05) is 17.3 Å². The molecule has 0 radical (unpaired) electrons. The number of hydrogen-bond acceptors (Lipinski definition) is 2. The van der Waals surface area contributed by atoms with E-state index in [0.29, 0.717) is 11.8 Å². The Labute approximate surface area is 106 Å². The Hall–Kier alpha value is -1.54. The van der Waals surface area contributed by atoms with Crippen LogP contribution < -0.4 is 4.74 Å². The van der Waals surface area contributed by atoms with Crippen LogP contribution in [0.2, 0.25) is 5.15 Å². The molecule has 3 heteroatoms. The zero-order valence-corrected chi connectivity index (χ0v) is 10.7. The summed E-state index contributed by atoms with van der Waals surface area (Å²) in [6.07, 6.45) is 1.77. The van der Waals surface area contributed by atoms with Gasteiger partial charge in [-0.15, -0.1) is 0 Å². The van der Waals surface area contributed by atoms with Gasteiger partial charge in [-0.2, -0.15) is 0 Å². The van der Waals surface area contributed by atoms with E-state index < -0.39 is 0 Å². The highest BCUT2D eigenvalue weighted by atomic mass is 35.5. The maximum Gasteiger partial charge on any atom is 0.131 e. The summed E-state index contributed by atoms with van der Waals surface area (Å²) in [5, 5.41) is 0.544. The first kappa shape index (κ1) is 11.9. The number of rotatable bonds is 3. The van der Waals surface area contributed by atoms with Crippen LogP contribution in [0.3, 0.4) is 0 Å². The van der Waals surface area contributed by atoms with Crippen LogP contribution in [0.25, 0.3) is 11.1 Å². The van der Waals surface area contributed by atoms with Gasteiger partial charge < -0.3 is 4.74 Å². The van der Waals surface area contributed by atoms with Crippen molar-refractivity contribution in [1.29, 1.82) is 0 Å². The predicted molar refractivity (Wildman–Crippen MR) is 70.6 cm³/mol. The van der Waals surface area contributed by atoms with Crippen LogP contribution in [0.1, 0.15) is 12.5 Å². The summed E-state index contributed by atoms with van der Waals surface area (Å²) in [5.74, 6) is 0.874. The van der Waals surface area contributed by atoms with Gasteiger partial charge in [0.15, 0.2) is 0 Å². The highest BCUT2D eigenvalue weighted by molar-refractivity contribution is 6.30. The van der Waals surface area contributed by atoms with Crippen molar-refractivity contribution in [3.63, 3.8) is 0 Å². The summed E-state index contributed by atoms with van der Waals surface area (Å²) in [6, 6.07) is 9.96. The van der Waals surface area contributed by atoms with E-state index in [1.807, 2.05) is 44.2 Å². The van der Waals surface area contributed by atoms with E-state index in [0.717, 1.165) is 22.4 Å². The van der Waals surface area contributed by atoms with Crippen LogP contribution >= 0.6 is 11.6 Å². The Kier molecular flexibility index (Phi) is 3.64. The number of halogens is 1. The van der Waals surface area contributed by atoms with E-state index in [2.05, 4.69) is 4.98 Å². The first-order chi connectivity index (χ1) is 8.22. The van der Waals surface area contributed by atoms with Crippen molar-refractivity contribution in [3.8, 4) is 16.9 Å². The second kappa shape index (κ2) is 5.19. The zero-order chi connectivity index (χ0) is 12.3. The molecule has 0 aliphatic heterocycles. The molecule has 1 aromatic carbocycles. The molecule has 0 atom stereocenters. The lowest BCUT2D eigenvalue weighted by molar-refractivity contribution is 0.341. The molecular formula is C14H14ClNO. The monoisotopic (exact) mass is 247 g/mol. The summed E-state index contributed by atoms with van der Waals surface area (Å²) in [6.45, 7) is 4.57. The summed E-state index contributed by atoms with van der Waals surface area (Å²) < 4.78 is 5.60. The molecule has 0 spiro atoms. The van der Waals surface area contributed by atoms with Gasteiger partial charge in [-0.1, -0.05) is 29.8 Å². The van der Waals surface area contributed by atoms with Gasteiger partial charge in [-0.25, -0.2) is 4.98 Å². The number of aryl methyl sites for hydroxylation is 1. The van der Waals surface area contributed by atoms with Crippen LogP contribution in [-0.4, -0.2) is 11.6 Å². The third-order valence-electron chi connectivity index (χ3n) is 2.51. The maximum absolute atomic E-state index is 5.93. The number of pyridine rings is 1. The molecule has 1 aromatic heterocycles. The molecule has 1 heterocycles. The minimum Gasteiger partial charge on any atom is -0.493 e. The van der Waals surface area contributed by atoms with Crippen molar-refractivity contribution in [2.45, 2.75) is 13.8 Å². The zero-order valence-electron chi connectivity index (χ0n) is 9.90. The second-order valence-electron chi connectivity index (χ2n) is 3.76. The standard InChI is InChI=1S/C14H14ClNO/c1-3-17-13-7-5-4-6-12(13)11-8-10(2)14(15)16-9-11/h4-9H,3H2,1-2H3. The first-order valence-electron chi connectivity index (χ1n) is 5.56. The molecule has 0 fully saturated rings.